The Labute approximate surface area is 106 Å². The highest BCUT2D eigenvalue weighted by molar-refractivity contribution is 5.56. The second kappa shape index (κ2) is 4.41. The van der Waals surface area contributed by atoms with Gasteiger partial charge in [-0.05, 0) is 38.7 Å². The average molecular weight is 240 g/mol. The van der Waals surface area contributed by atoms with E-state index in [-0.39, 0.29) is 5.56 Å². The molecule has 1 aromatic heterocycles. The molecule has 1 aliphatic rings. The largest absolute Gasteiger partial charge is 0.306 e. The van der Waals surface area contributed by atoms with Crippen molar-refractivity contribution in [3.8, 4) is 11.4 Å². The number of aromatic nitrogens is 2. The van der Waals surface area contributed by atoms with Crippen molar-refractivity contribution in [3.05, 3.63) is 51.4 Å². The molecule has 3 rings (SSSR count). The lowest BCUT2D eigenvalue weighted by molar-refractivity contribution is 0.657. The number of nitrogens with zero attached hydrogens (tertiary/aromatic N) is 1. The molecule has 0 radical (unpaired) electrons. The number of hydrogen-bond donors (Lipinski definition) is 1. The van der Waals surface area contributed by atoms with E-state index in [4.69, 9.17) is 0 Å². The maximum Gasteiger partial charge on any atom is 0.254 e. The number of rotatable bonds is 1. The summed E-state index contributed by atoms with van der Waals surface area (Å²) >= 11 is 0. The molecule has 0 spiro atoms. The Hall–Kier alpha value is -1.90. The molecule has 1 aliphatic carbocycles. The van der Waals surface area contributed by atoms with Gasteiger partial charge in [-0.25, -0.2) is 4.98 Å². The Morgan fingerprint density at radius 3 is 2.89 bits per heavy atom. The predicted molar refractivity (Wildman–Crippen MR) is 71.7 cm³/mol. The van der Waals surface area contributed by atoms with E-state index >= 15 is 0 Å². The zero-order valence-electron chi connectivity index (χ0n) is 10.5. The van der Waals surface area contributed by atoms with Gasteiger partial charge in [0, 0.05) is 11.1 Å². The molecular weight excluding hydrogens is 224 g/mol. The predicted octanol–water partition coefficient (Wildman–Crippen LogP) is 2.62. The van der Waals surface area contributed by atoms with Gasteiger partial charge in [-0.2, -0.15) is 0 Å². The average Bonchev–Trinajstić information content (AvgIpc) is 2.39. The van der Waals surface area contributed by atoms with Crippen LogP contribution in [0.25, 0.3) is 11.4 Å². The van der Waals surface area contributed by atoms with Crippen LogP contribution in [-0.2, 0) is 12.8 Å². The summed E-state index contributed by atoms with van der Waals surface area (Å²) in [6, 6.07) is 8.07. The van der Waals surface area contributed by atoms with Crippen molar-refractivity contribution in [2.75, 3.05) is 0 Å². The maximum absolute atomic E-state index is 12.0. The van der Waals surface area contributed by atoms with Crippen molar-refractivity contribution in [1.29, 1.82) is 0 Å². The van der Waals surface area contributed by atoms with Crippen LogP contribution >= 0.6 is 0 Å². The van der Waals surface area contributed by atoms with E-state index in [1.54, 1.807) is 0 Å². The van der Waals surface area contributed by atoms with Crippen LogP contribution in [-0.4, -0.2) is 9.97 Å². The van der Waals surface area contributed by atoms with Crippen molar-refractivity contribution < 1.29 is 0 Å². The van der Waals surface area contributed by atoms with Crippen LogP contribution in [0.15, 0.2) is 29.1 Å². The van der Waals surface area contributed by atoms with Gasteiger partial charge in [0.05, 0.1) is 5.69 Å². The number of H-pyrrole nitrogens is 1. The first-order valence-electron chi connectivity index (χ1n) is 6.43. The van der Waals surface area contributed by atoms with Crippen LogP contribution in [0.2, 0.25) is 0 Å². The molecule has 18 heavy (non-hydrogen) atoms. The molecule has 0 unspecified atom stereocenters. The molecule has 0 atom stereocenters. The molecule has 0 saturated heterocycles. The molecule has 3 heteroatoms. The highest BCUT2D eigenvalue weighted by atomic mass is 16.1. The number of aryl methyl sites for hydroxylation is 2. The third kappa shape index (κ3) is 1.96. The van der Waals surface area contributed by atoms with Gasteiger partial charge in [0.25, 0.3) is 5.56 Å². The quantitative estimate of drug-likeness (QED) is 0.832. The van der Waals surface area contributed by atoms with Crippen molar-refractivity contribution in [2.24, 2.45) is 0 Å². The summed E-state index contributed by atoms with van der Waals surface area (Å²) in [5.74, 6) is 0.698. The molecule has 92 valence electrons. The lowest BCUT2D eigenvalue weighted by atomic mass is 9.97. The molecule has 1 N–H and O–H groups in total. The van der Waals surface area contributed by atoms with Gasteiger partial charge in [0.1, 0.15) is 5.82 Å². The van der Waals surface area contributed by atoms with Gasteiger partial charge in [-0.1, -0.05) is 23.8 Å². The fourth-order valence-electron chi connectivity index (χ4n) is 2.53. The monoisotopic (exact) mass is 240 g/mol. The third-order valence-corrected chi connectivity index (χ3v) is 3.48. The zero-order valence-corrected chi connectivity index (χ0v) is 10.5. The topological polar surface area (TPSA) is 45.8 Å². The molecule has 0 aliphatic heterocycles. The molecule has 0 amide bonds. The second-order valence-corrected chi connectivity index (χ2v) is 4.92. The normalized spacial score (nSPS) is 14.3. The minimum Gasteiger partial charge on any atom is -0.306 e. The first-order chi connectivity index (χ1) is 8.74. The SMILES string of the molecule is Cc1cccc(-c2nc3c(c(=O)[nH]2)CCCC3)c1. The summed E-state index contributed by atoms with van der Waals surface area (Å²) < 4.78 is 0. The van der Waals surface area contributed by atoms with E-state index in [1.165, 1.54) is 5.56 Å². The summed E-state index contributed by atoms with van der Waals surface area (Å²) in [5.41, 5.74) is 4.07. The lowest BCUT2D eigenvalue weighted by Gasteiger charge is -2.14. The Balaban J connectivity index is 2.14. The highest BCUT2D eigenvalue weighted by Gasteiger charge is 2.15. The van der Waals surface area contributed by atoms with Crippen LogP contribution in [0.4, 0.5) is 0 Å². The first kappa shape index (κ1) is 11.2. The number of hydrogen-bond acceptors (Lipinski definition) is 2. The maximum atomic E-state index is 12.0. The Kier molecular flexibility index (Phi) is 2.74. The van der Waals surface area contributed by atoms with E-state index in [0.29, 0.717) is 5.82 Å². The summed E-state index contributed by atoms with van der Waals surface area (Å²) in [5, 5.41) is 0. The van der Waals surface area contributed by atoms with Crippen LogP contribution in [0.3, 0.4) is 0 Å². The lowest BCUT2D eigenvalue weighted by Crippen LogP contribution is -2.21. The van der Waals surface area contributed by atoms with E-state index < -0.39 is 0 Å². The second-order valence-electron chi connectivity index (χ2n) is 4.92. The van der Waals surface area contributed by atoms with Crippen LogP contribution in [0.1, 0.15) is 29.7 Å². The minimum absolute atomic E-state index is 0.0382. The molecular formula is C15H16N2O. The smallest absolute Gasteiger partial charge is 0.254 e. The van der Waals surface area contributed by atoms with E-state index in [2.05, 4.69) is 9.97 Å². The Morgan fingerprint density at radius 2 is 2.06 bits per heavy atom. The number of benzene rings is 1. The summed E-state index contributed by atoms with van der Waals surface area (Å²) in [6.45, 7) is 2.04. The van der Waals surface area contributed by atoms with Crippen LogP contribution in [0, 0.1) is 6.92 Å². The number of fused-ring (bicyclic) bond motifs is 1. The number of nitrogens with one attached hydrogen (secondary N) is 1. The summed E-state index contributed by atoms with van der Waals surface area (Å²) in [7, 11) is 0. The molecule has 0 bridgehead atoms. The van der Waals surface area contributed by atoms with E-state index in [1.807, 2.05) is 31.2 Å². The van der Waals surface area contributed by atoms with Gasteiger partial charge in [-0.15, -0.1) is 0 Å². The third-order valence-electron chi connectivity index (χ3n) is 3.48. The minimum atomic E-state index is 0.0382. The van der Waals surface area contributed by atoms with Crippen LogP contribution in [0.5, 0.6) is 0 Å². The van der Waals surface area contributed by atoms with Gasteiger partial charge >= 0.3 is 0 Å². The molecule has 1 aromatic carbocycles. The zero-order chi connectivity index (χ0) is 12.5. The highest BCUT2D eigenvalue weighted by Crippen LogP contribution is 2.20. The van der Waals surface area contributed by atoms with E-state index in [9.17, 15) is 4.79 Å². The van der Waals surface area contributed by atoms with Crippen molar-refractivity contribution in [3.63, 3.8) is 0 Å². The molecule has 0 saturated carbocycles. The Bertz CT molecular complexity index is 643. The fraction of sp³-hybridized carbons (Fsp3) is 0.333. The molecule has 3 nitrogen and oxygen atoms in total. The van der Waals surface area contributed by atoms with Crippen LogP contribution < -0.4 is 5.56 Å². The van der Waals surface area contributed by atoms with Gasteiger partial charge in [0.15, 0.2) is 0 Å². The summed E-state index contributed by atoms with van der Waals surface area (Å²) in [4.78, 5) is 19.6. The van der Waals surface area contributed by atoms with Gasteiger partial charge < -0.3 is 4.98 Å². The van der Waals surface area contributed by atoms with Crippen molar-refractivity contribution >= 4 is 0 Å². The number of aromatic amines is 1. The first-order valence-corrected chi connectivity index (χ1v) is 6.43. The Morgan fingerprint density at radius 1 is 1.22 bits per heavy atom. The van der Waals surface area contributed by atoms with E-state index in [0.717, 1.165) is 42.5 Å². The summed E-state index contributed by atoms with van der Waals surface area (Å²) in [6.07, 6.45) is 4.03. The molecule has 2 aromatic rings. The van der Waals surface area contributed by atoms with Gasteiger partial charge in [-0.3, -0.25) is 4.79 Å². The van der Waals surface area contributed by atoms with Crippen molar-refractivity contribution in [2.45, 2.75) is 32.6 Å². The molecule has 0 fully saturated rings. The standard InChI is InChI=1S/C15H16N2O/c1-10-5-4-6-11(9-10)14-16-13-8-3-2-7-12(13)15(18)17-14/h4-6,9H,2-3,7-8H2,1H3,(H,16,17,18). The fourth-order valence-corrected chi connectivity index (χ4v) is 2.53. The van der Waals surface area contributed by atoms with Crippen molar-refractivity contribution in [1.82, 2.24) is 9.97 Å². The van der Waals surface area contributed by atoms with Gasteiger partial charge in [0.2, 0.25) is 0 Å². The molecule has 1 heterocycles.